The summed E-state index contributed by atoms with van der Waals surface area (Å²) in [7, 11) is 0. The topological polar surface area (TPSA) is 46.6 Å². The van der Waals surface area contributed by atoms with Crippen LogP contribution in [0.4, 0.5) is 0 Å². The first-order chi connectivity index (χ1) is 7.10. The van der Waals surface area contributed by atoms with Crippen molar-refractivity contribution in [3.8, 4) is 0 Å². The van der Waals surface area contributed by atoms with E-state index < -0.39 is 5.54 Å². The largest absolute Gasteiger partial charge is 0.464 e. The molecule has 0 spiro atoms. The van der Waals surface area contributed by atoms with E-state index in [1.54, 1.807) is 11.8 Å². The van der Waals surface area contributed by atoms with Gasteiger partial charge in [-0.2, -0.15) is 0 Å². The molecule has 0 aromatic rings. The zero-order valence-corrected chi connectivity index (χ0v) is 8.91. The number of nitrogens with zero attached hydrogens (tertiary/aromatic N) is 1. The number of rotatable bonds is 2. The van der Waals surface area contributed by atoms with Gasteiger partial charge in [0, 0.05) is 19.4 Å². The van der Waals surface area contributed by atoms with Crippen LogP contribution in [0.5, 0.6) is 0 Å². The molecule has 0 saturated carbocycles. The Hall–Kier alpha value is -1.32. The van der Waals surface area contributed by atoms with Crippen molar-refractivity contribution >= 4 is 11.9 Å². The van der Waals surface area contributed by atoms with Crippen molar-refractivity contribution in [3.63, 3.8) is 0 Å². The summed E-state index contributed by atoms with van der Waals surface area (Å²) < 4.78 is 5.05. The molecule has 0 N–H and O–H groups in total. The van der Waals surface area contributed by atoms with E-state index in [-0.39, 0.29) is 11.9 Å². The van der Waals surface area contributed by atoms with E-state index in [0.717, 1.165) is 5.57 Å². The average Bonchev–Trinajstić information content (AvgIpc) is 2.66. The van der Waals surface area contributed by atoms with Crippen LogP contribution in [0.15, 0.2) is 12.2 Å². The van der Waals surface area contributed by atoms with Gasteiger partial charge < -0.3 is 9.64 Å². The summed E-state index contributed by atoms with van der Waals surface area (Å²) in [6.07, 6.45) is 1.59. The maximum Gasteiger partial charge on any atom is 0.332 e. The smallest absolute Gasteiger partial charge is 0.332 e. The summed E-state index contributed by atoms with van der Waals surface area (Å²) in [6.45, 7) is 6.50. The van der Waals surface area contributed by atoms with Crippen molar-refractivity contribution in [2.75, 3.05) is 13.2 Å². The first-order valence-electron chi connectivity index (χ1n) is 5.24. The molecule has 0 bridgehead atoms. The molecule has 2 heterocycles. The minimum absolute atomic E-state index is 0.0432. The van der Waals surface area contributed by atoms with E-state index in [1.807, 2.05) is 0 Å². The van der Waals surface area contributed by atoms with Gasteiger partial charge in [0.1, 0.15) is 5.54 Å². The quantitative estimate of drug-likeness (QED) is 0.501. The Balaban J connectivity index is 2.28. The molecule has 0 aromatic heterocycles. The van der Waals surface area contributed by atoms with Gasteiger partial charge in [-0.1, -0.05) is 12.2 Å². The second-order valence-corrected chi connectivity index (χ2v) is 4.16. The SMILES string of the molecule is C=C1CN2C(=O)CC[C@@]2(C(=O)OCC)C1. The Bertz CT molecular complexity index is 337. The molecule has 1 amide bonds. The summed E-state index contributed by atoms with van der Waals surface area (Å²) in [4.78, 5) is 25.1. The predicted octanol–water partition coefficient (Wildman–Crippen LogP) is 0.871. The molecule has 2 aliphatic rings. The minimum Gasteiger partial charge on any atom is -0.464 e. The Kier molecular flexibility index (Phi) is 2.29. The average molecular weight is 209 g/mol. The molecule has 0 aromatic carbocycles. The van der Waals surface area contributed by atoms with Crippen LogP contribution >= 0.6 is 0 Å². The van der Waals surface area contributed by atoms with Crippen LogP contribution in [0, 0.1) is 0 Å². The fourth-order valence-electron chi connectivity index (χ4n) is 2.49. The fourth-order valence-corrected chi connectivity index (χ4v) is 2.49. The molecule has 2 fully saturated rings. The van der Waals surface area contributed by atoms with Gasteiger partial charge in [0.15, 0.2) is 0 Å². The van der Waals surface area contributed by atoms with E-state index in [2.05, 4.69) is 6.58 Å². The summed E-state index contributed by atoms with van der Waals surface area (Å²) in [6, 6.07) is 0. The second kappa shape index (κ2) is 3.36. The van der Waals surface area contributed by atoms with E-state index in [9.17, 15) is 9.59 Å². The van der Waals surface area contributed by atoms with Crippen LogP contribution in [0.25, 0.3) is 0 Å². The molecule has 0 unspecified atom stereocenters. The monoisotopic (exact) mass is 209 g/mol. The number of fused-ring (bicyclic) bond motifs is 1. The van der Waals surface area contributed by atoms with E-state index in [4.69, 9.17) is 4.74 Å². The van der Waals surface area contributed by atoms with Gasteiger partial charge in [-0.25, -0.2) is 4.79 Å². The Morgan fingerprint density at radius 1 is 1.67 bits per heavy atom. The molecule has 2 rings (SSSR count). The normalized spacial score (nSPS) is 29.5. The lowest BCUT2D eigenvalue weighted by atomic mass is 9.93. The lowest BCUT2D eigenvalue weighted by molar-refractivity contribution is -0.157. The number of carbonyl (C=O) groups excluding carboxylic acids is 2. The molecule has 4 nitrogen and oxygen atoms in total. The third kappa shape index (κ3) is 1.35. The van der Waals surface area contributed by atoms with Crippen molar-refractivity contribution in [2.24, 2.45) is 0 Å². The molecule has 2 saturated heterocycles. The number of esters is 1. The van der Waals surface area contributed by atoms with Gasteiger partial charge in [0.2, 0.25) is 5.91 Å². The van der Waals surface area contributed by atoms with Crippen molar-refractivity contribution < 1.29 is 14.3 Å². The molecular formula is C11H15NO3. The highest BCUT2D eigenvalue weighted by Crippen LogP contribution is 2.42. The second-order valence-electron chi connectivity index (χ2n) is 4.16. The van der Waals surface area contributed by atoms with Crippen LogP contribution in [0.1, 0.15) is 26.2 Å². The minimum atomic E-state index is -0.718. The maximum atomic E-state index is 11.9. The Morgan fingerprint density at radius 3 is 3.07 bits per heavy atom. The van der Waals surface area contributed by atoms with Crippen LogP contribution in [0.3, 0.4) is 0 Å². The number of hydrogen-bond acceptors (Lipinski definition) is 3. The van der Waals surface area contributed by atoms with E-state index >= 15 is 0 Å². The molecule has 82 valence electrons. The summed E-state index contributed by atoms with van der Waals surface area (Å²) in [5, 5.41) is 0. The van der Waals surface area contributed by atoms with Crippen molar-refractivity contribution in [1.82, 2.24) is 4.90 Å². The van der Waals surface area contributed by atoms with Gasteiger partial charge >= 0.3 is 5.97 Å². The lowest BCUT2D eigenvalue weighted by Gasteiger charge is -2.28. The third-order valence-corrected chi connectivity index (χ3v) is 3.15. The van der Waals surface area contributed by atoms with Crippen LogP contribution < -0.4 is 0 Å². The summed E-state index contributed by atoms with van der Waals surface area (Å²) in [5.41, 5.74) is 0.223. The first kappa shape index (κ1) is 10.2. The van der Waals surface area contributed by atoms with Crippen LogP contribution in [-0.4, -0.2) is 35.5 Å². The highest BCUT2D eigenvalue weighted by molar-refractivity contribution is 5.93. The third-order valence-electron chi connectivity index (χ3n) is 3.15. The highest BCUT2D eigenvalue weighted by atomic mass is 16.5. The van der Waals surface area contributed by atoms with Gasteiger partial charge in [0.05, 0.1) is 6.61 Å². The molecule has 2 aliphatic heterocycles. The summed E-state index contributed by atoms with van der Waals surface area (Å²) in [5.74, 6) is -0.226. The zero-order valence-electron chi connectivity index (χ0n) is 8.91. The predicted molar refractivity (Wildman–Crippen MR) is 54.1 cm³/mol. The van der Waals surface area contributed by atoms with E-state index in [0.29, 0.717) is 32.4 Å². The van der Waals surface area contributed by atoms with Gasteiger partial charge in [-0.15, -0.1) is 0 Å². The molecule has 15 heavy (non-hydrogen) atoms. The van der Waals surface area contributed by atoms with Gasteiger partial charge in [-0.3, -0.25) is 4.79 Å². The van der Waals surface area contributed by atoms with Crippen molar-refractivity contribution in [2.45, 2.75) is 31.7 Å². The van der Waals surface area contributed by atoms with Gasteiger partial charge in [0.25, 0.3) is 0 Å². The molecule has 0 radical (unpaired) electrons. The molecule has 0 aliphatic carbocycles. The van der Waals surface area contributed by atoms with Crippen LogP contribution in [0.2, 0.25) is 0 Å². The number of ether oxygens (including phenoxy) is 1. The van der Waals surface area contributed by atoms with Crippen molar-refractivity contribution in [3.05, 3.63) is 12.2 Å². The fraction of sp³-hybridized carbons (Fsp3) is 0.636. The molecule has 4 heteroatoms. The lowest BCUT2D eigenvalue weighted by Crippen LogP contribution is -2.48. The number of hydrogen-bond donors (Lipinski definition) is 0. The maximum absolute atomic E-state index is 11.9. The molecular weight excluding hydrogens is 194 g/mol. The van der Waals surface area contributed by atoms with Gasteiger partial charge in [-0.05, 0) is 13.3 Å². The first-order valence-corrected chi connectivity index (χ1v) is 5.24. The van der Waals surface area contributed by atoms with Crippen LogP contribution in [-0.2, 0) is 14.3 Å². The Morgan fingerprint density at radius 2 is 2.40 bits per heavy atom. The van der Waals surface area contributed by atoms with Crippen molar-refractivity contribution in [1.29, 1.82) is 0 Å². The summed E-state index contributed by atoms with van der Waals surface area (Å²) >= 11 is 0. The number of amides is 1. The van der Waals surface area contributed by atoms with E-state index in [1.165, 1.54) is 0 Å². The zero-order chi connectivity index (χ0) is 11.1. The standard InChI is InChI=1S/C11H15NO3/c1-3-15-10(14)11-5-4-9(13)12(11)7-8(2)6-11/h2-7H2,1H3/t11-/m0/s1. The Labute approximate surface area is 88.9 Å². The number of carbonyl (C=O) groups is 2. The molecule has 1 atom stereocenters. The highest BCUT2D eigenvalue weighted by Gasteiger charge is 2.55.